The second kappa shape index (κ2) is 5.88. The van der Waals surface area contributed by atoms with Crippen LogP contribution in [0.25, 0.3) is 0 Å². The van der Waals surface area contributed by atoms with E-state index in [1.165, 1.54) is 11.3 Å². The number of thiophene rings is 1. The minimum absolute atomic E-state index is 0.410. The van der Waals surface area contributed by atoms with E-state index in [9.17, 15) is 8.42 Å². The first kappa shape index (κ1) is 14.7. The third kappa shape index (κ3) is 2.89. The van der Waals surface area contributed by atoms with Crippen molar-refractivity contribution in [1.82, 2.24) is 9.62 Å². The van der Waals surface area contributed by atoms with Crippen LogP contribution in [0.5, 0.6) is 0 Å². The Labute approximate surface area is 129 Å². The normalized spacial score (nSPS) is 15.3. The summed E-state index contributed by atoms with van der Waals surface area (Å²) in [6, 6.07) is 9.68. The van der Waals surface area contributed by atoms with Crippen molar-refractivity contribution in [2.45, 2.75) is 31.5 Å². The van der Waals surface area contributed by atoms with E-state index in [2.05, 4.69) is 5.32 Å². The van der Waals surface area contributed by atoms with Gasteiger partial charge in [-0.15, -0.1) is 11.3 Å². The predicted molar refractivity (Wildman–Crippen MR) is 84.6 cm³/mol. The van der Waals surface area contributed by atoms with Crippen LogP contribution in [-0.2, 0) is 29.7 Å². The third-order valence-corrected chi connectivity index (χ3v) is 6.48. The molecule has 0 unspecified atom stereocenters. The Balaban J connectivity index is 1.80. The van der Waals surface area contributed by atoms with Crippen LogP contribution in [-0.4, -0.2) is 19.3 Å². The summed E-state index contributed by atoms with van der Waals surface area (Å²) in [7, 11) is -3.39. The Morgan fingerprint density at radius 3 is 2.52 bits per heavy atom. The number of nitrogens with one attached hydrogen (secondary N) is 1. The van der Waals surface area contributed by atoms with Gasteiger partial charge < -0.3 is 5.32 Å². The van der Waals surface area contributed by atoms with Crippen molar-refractivity contribution in [2.75, 3.05) is 6.54 Å². The van der Waals surface area contributed by atoms with Gasteiger partial charge in [0.1, 0.15) is 0 Å². The number of hydrogen-bond acceptors (Lipinski definition) is 4. The topological polar surface area (TPSA) is 49.4 Å². The van der Waals surface area contributed by atoms with Gasteiger partial charge in [0.25, 0.3) is 0 Å². The summed E-state index contributed by atoms with van der Waals surface area (Å²) in [4.78, 5) is 1.46. The van der Waals surface area contributed by atoms with Crippen LogP contribution in [0.15, 0.2) is 40.6 Å². The number of benzene rings is 1. The van der Waals surface area contributed by atoms with Crippen molar-refractivity contribution in [2.24, 2.45) is 0 Å². The highest BCUT2D eigenvalue weighted by Crippen LogP contribution is 2.30. The van der Waals surface area contributed by atoms with Crippen molar-refractivity contribution in [3.63, 3.8) is 0 Å². The monoisotopic (exact) mass is 322 g/mol. The summed E-state index contributed by atoms with van der Waals surface area (Å²) in [6.45, 7) is 4.57. The molecule has 4 nitrogen and oxygen atoms in total. The average molecular weight is 322 g/mol. The zero-order valence-corrected chi connectivity index (χ0v) is 13.5. The van der Waals surface area contributed by atoms with E-state index in [0.29, 0.717) is 18.0 Å². The van der Waals surface area contributed by atoms with Gasteiger partial charge >= 0.3 is 0 Å². The highest BCUT2D eigenvalue weighted by Gasteiger charge is 2.30. The largest absolute Gasteiger partial charge is 0.312 e. The lowest BCUT2D eigenvalue weighted by atomic mass is 10.1. The molecule has 1 N–H and O–H groups in total. The van der Waals surface area contributed by atoms with E-state index in [4.69, 9.17) is 0 Å². The van der Waals surface area contributed by atoms with Crippen LogP contribution in [0.2, 0.25) is 0 Å². The first-order valence-electron chi connectivity index (χ1n) is 6.96. The SMILES string of the molecule is CCNCc1cc(S(=O)(=O)N2Cc3ccccc3C2)cs1. The van der Waals surface area contributed by atoms with Crippen LogP contribution >= 0.6 is 11.3 Å². The van der Waals surface area contributed by atoms with Crippen molar-refractivity contribution in [1.29, 1.82) is 0 Å². The quantitative estimate of drug-likeness (QED) is 0.920. The molecule has 6 heteroatoms. The molecule has 3 rings (SSSR count). The van der Waals surface area contributed by atoms with Crippen LogP contribution in [0.1, 0.15) is 22.9 Å². The molecular weight excluding hydrogens is 304 g/mol. The van der Waals surface area contributed by atoms with Gasteiger partial charge in [-0.3, -0.25) is 0 Å². The van der Waals surface area contributed by atoms with Gasteiger partial charge in [0.05, 0.1) is 4.90 Å². The summed E-state index contributed by atoms with van der Waals surface area (Å²) in [5.74, 6) is 0. The molecule has 0 amide bonds. The molecule has 0 saturated carbocycles. The van der Waals surface area contributed by atoms with Gasteiger partial charge in [-0.25, -0.2) is 8.42 Å². The average Bonchev–Trinajstić information content (AvgIpc) is 3.12. The molecule has 0 bridgehead atoms. The smallest absolute Gasteiger partial charge is 0.244 e. The molecule has 1 aliphatic rings. The number of rotatable bonds is 5. The first-order chi connectivity index (χ1) is 10.1. The molecule has 112 valence electrons. The lowest BCUT2D eigenvalue weighted by Crippen LogP contribution is -2.25. The molecule has 0 fully saturated rings. The van der Waals surface area contributed by atoms with Crippen molar-refractivity contribution >= 4 is 21.4 Å². The highest BCUT2D eigenvalue weighted by molar-refractivity contribution is 7.89. The lowest BCUT2D eigenvalue weighted by molar-refractivity contribution is 0.432. The molecular formula is C15H18N2O2S2. The van der Waals surface area contributed by atoms with Gasteiger partial charge in [0.15, 0.2) is 0 Å². The molecule has 0 saturated heterocycles. The van der Waals surface area contributed by atoms with Gasteiger partial charge in [-0.05, 0) is 23.7 Å². The zero-order chi connectivity index (χ0) is 14.9. The lowest BCUT2D eigenvalue weighted by Gasteiger charge is -2.14. The molecule has 0 aliphatic carbocycles. The summed E-state index contributed by atoms with van der Waals surface area (Å²) in [6.07, 6.45) is 0. The fourth-order valence-electron chi connectivity index (χ4n) is 2.46. The van der Waals surface area contributed by atoms with Gasteiger partial charge in [-0.1, -0.05) is 31.2 Å². The fourth-order valence-corrected chi connectivity index (χ4v) is 5.09. The molecule has 1 aliphatic heterocycles. The number of fused-ring (bicyclic) bond motifs is 1. The number of nitrogens with zero attached hydrogens (tertiary/aromatic N) is 1. The summed E-state index contributed by atoms with van der Waals surface area (Å²) in [5.41, 5.74) is 2.20. The molecule has 0 radical (unpaired) electrons. The standard InChI is InChI=1S/C15H18N2O2S2/c1-2-16-8-14-7-15(11-20-14)21(18,19)17-9-12-5-3-4-6-13(12)10-17/h3-7,11,16H,2,8-10H2,1H3. The third-order valence-electron chi connectivity index (χ3n) is 3.63. The zero-order valence-electron chi connectivity index (χ0n) is 11.9. The maximum atomic E-state index is 12.7. The number of hydrogen-bond donors (Lipinski definition) is 1. The fraction of sp³-hybridized carbons (Fsp3) is 0.333. The molecule has 1 aromatic heterocycles. The van der Waals surface area contributed by atoms with E-state index in [0.717, 1.165) is 29.1 Å². The summed E-state index contributed by atoms with van der Waals surface area (Å²) < 4.78 is 27.0. The predicted octanol–water partition coefficient (Wildman–Crippen LogP) is 2.56. The Kier molecular flexibility index (Phi) is 4.12. The molecule has 21 heavy (non-hydrogen) atoms. The minimum atomic E-state index is -3.39. The molecule has 0 spiro atoms. The second-order valence-corrected chi connectivity index (χ2v) is 8.00. The molecule has 1 aromatic carbocycles. The maximum absolute atomic E-state index is 12.7. The Morgan fingerprint density at radius 2 is 1.90 bits per heavy atom. The molecule has 2 aromatic rings. The van der Waals surface area contributed by atoms with Crippen LogP contribution in [0, 0.1) is 0 Å². The Bertz CT molecular complexity index is 713. The maximum Gasteiger partial charge on any atom is 0.244 e. The van der Waals surface area contributed by atoms with Crippen molar-refractivity contribution < 1.29 is 8.42 Å². The van der Waals surface area contributed by atoms with E-state index >= 15 is 0 Å². The Morgan fingerprint density at radius 1 is 1.24 bits per heavy atom. The number of sulfonamides is 1. The second-order valence-electron chi connectivity index (χ2n) is 5.07. The first-order valence-corrected chi connectivity index (χ1v) is 9.28. The molecule has 0 atom stereocenters. The van der Waals surface area contributed by atoms with Crippen LogP contribution in [0.3, 0.4) is 0 Å². The van der Waals surface area contributed by atoms with Crippen molar-refractivity contribution in [3.05, 3.63) is 51.7 Å². The van der Waals surface area contributed by atoms with Crippen LogP contribution in [0.4, 0.5) is 0 Å². The van der Waals surface area contributed by atoms with E-state index < -0.39 is 10.0 Å². The van der Waals surface area contributed by atoms with Gasteiger partial charge in [0.2, 0.25) is 10.0 Å². The molecule has 2 heterocycles. The van der Waals surface area contributed by atoms with E-state index in [-0.39, 0.29) is 0 Å². The van der Waals surface area contributed by atoms with E-state index in [1.807, 2.05) is 31.2 Å². The Hall–Kier alpha value is -1.21. The van der Waals surface area contributed by atoms with Gasteiger partial charge in [0, 0.05) is 29.9 Å². The van der Waals surface area contributed by atoms with Gasteiger partial charge in [-0.2, -0.15) is 4.31 Å². The highest BCUT2D eigenvalue weighted by atomic mass is 32.2. The van der Waals surface area contributed by atoms with E-state index in [1.54, 1.807) is 15.8 Å². The summed E-state index contributed by atoms with van der Waals surface area (Å²) >= 11 is 1.49. The van der Waals surface area contributed by atoms with Crippen molar-refractivity contribution in [3.8, 4) is 0 Å². The van der Waals surface area contributed by atoms with Crippen LogP contribution < -0.4 is 5.32 Å². The summed E-state index contributed by atoms with van der Waals surface area (Å²) in [5, 5.41) is 4.96. The minimum Gasteiger partial charge on any atom is -0.312 e.